The molecule has 6 nitrogen and oxygen atoms in total. The first-order valence-electron chi connectivity index (χ1n) is 8.40. The Balaban J connectivity index is 1.55. The van der Waals surface area contributed by atoms with Crippen LogP contribution in [0.25, 0.3) is 11.3 Å². The van der Waals surface area contributed by atoms with Gasteiger partial charge in [0.05, 0.1) is 5.69 Å². The lowest BCUT2D eigenvalue weighted by Gasteiger charge is -2.17. The maximum atomic E-state index is 13.7. The number of H-pyrrole nitrogens is 1. The minimum absolute atomic E-state index is 0.0842. The average molecular weight is 446 g/mol. The predicted octanol–water partition coefficient (Wildman–Crippen LogP) is 3.79. The van der Waals surface area contributed by atoms with E-state index in [1.165, 1.54) is 18.0 Å². The zero-order chi connectivity index (χ0) is 20.1. The van der Waals surface area contributed by atoms with Crippen LogP contribution in [-0.2, 0) is 16.1 Å². The predicted molar refractivity (Wildman–Crippen MR) is 105 cm³/mol. The molecule has 28 heavy (non-hydrogen) atoms. The van der Waals surface area contributed by atoms with Crippen molar-refractivity contribution in [3.63, 3.8) is 0 Å². The SMILES string of the molecule is CN(Cc1ccccc1F)C(=O)COC(=O)c1cc(-c2ccc(Br)cc2)n[nH]1. The first-order valence-corrected chi connectivity index (χ1v) is 9.19. The lowest BCUT2D eigenvalue weighted by molar-refractivity contribution is -0.133. The van der Waals surface area contributed by atoms with Gasteiger partial charge in [-0.15, -0.1) is 0 Å². The normalized spacial score (nSPS) is 10.5. The fourth-order valence-electron chi connectivity index (χ4n) is 2.48. The fourth-order valence-corrected chi connectivity index (χ4v) is 2.74. The molecule has 1 N–H and O–H groups in total. The van der Waals surface area contributed by atoms with Gasteiger partial charge in [0.25, 0.3) is 5.91 Å². The molecule has 1 aromatic heterocycles. The van der Waals surface area contributed by atoms with Crippen LogP contribution in [-0.4, -0.2) is 40.6 Å². The number of nitrogens with zero attached hydrogens (tertiary/aromatic N) is 2. The molecule has 0 saturated heterocycles. The lowest BCUT2D eigenvalue weighted by Crippen LogP contribution is -2.31. The van der Waals surface area contributed by atoms with Crippen LogP contribution in [0.1, 0.15) is 16.1 Å². The molecule has 0 saturated carbocycles. The molecule has 8 heteroatoms. The Hall–Kier alpha value is -3.00. The Morgan fingerprint density at radius 2 is 1.89 bits per heavy atom. The van der Waals surface area contributed by atoms with Crippen LogP contribution < -0.4 is 0 Å². The van der Waals surface area contributed by atoms with E-state index < -0.39 is 24.3 Å². The van der Waals surface area contributed by atoms with Gasteiger partial charge in [0, 0.05) is 29.2 Å². The maximum Gasteiger partial charge on any atom is 0.356 e. The minimum atomic E-state index is -0.691. The number of aromatic nitrogens is 2. The maximum absolute atomic E-state index is 13.7. The number of hydrogen-bond donors (Lipinski definition) is 1. The summed E-state index contributed by atoms with van der Waals surface area (Å²) in [5.74, 6) is -1.52. The van der Waals surface area contributed by atoms with Crippen LogP contribution in [0.3, 0.4) is 0 Å². The summed E-state index contributed by atoms with van der Waals surface area (Å²) < 4.78 is 19.7. The number of aromatic amines is 1. The second kappa shape index (κ2) is 8.79. The Bertz CT molecular complexity index is 988. The first-order chi connectivity index (χ1) is 13.4. The molecule has 0 aliphatic heterocycles. The molecule has 2 aromatic carbocycles. The van der Waals surface area contributed by atoms with Crippen LogP contribution in [0, 0.1) is 5.82 Å². The highest BCUT2D eigenvalue weighted by Gasteiger charge is 2.17. The molecular formula is C20H17BrFN3O3. The number of halogens is 2. The van der Waals surface area contributed by atoms with E-state index in [1.807, 2.05) is 24.3 Å². The summed E-state index contributed by atoms with van der Waals surface area (Å²) in [7, 11) is 1.52. The van der Waals surface area contributed by atoms with Crippen molar-refractivity contribution in [2.75, 3.05) is 13.7 Å². The number of hydrogen-bond acceptors (Lipinski definition) is 4. The van der Waals surface area contributed by atoms with Crippen LogP contribution in [0.5, 0.6) is 0 Å². The van der Waals surface area contributed by atoms with E-state index in [2.05, 4.69) is 26.1 Å². The van der Waals surface area contributed by atoms with Gasteiger partial charge >= 0.3 is 5.97 Å². The third-order valence-corrected chi connectivity index (χ3v) is 4.58. The molecule has 3 rings (SSSR count). The number of amides is 1. The third kappa shape index (κ3) is 4.83. The van der Waals surface area contributed by atoms with Gasteiger partial charge in [0.1, 0.15) is 11.5 Å². The van der Waals surface area contributed by atoms with Gasteiger partial charge in [-0.3, -0.25) is 9.89 Å². The van der Waals surface area contributed by atoms with Gasteiger partial charge in [0.15, 0.2) is 6.61 Å². The molecule has 0 aliphatic rings. The Morgan fingerprint density at radius 1 is 1.18 bits per heavy atom. The second-order valence-electron chi connectivity index (χ2n) is 6.09. The van der Waals surface area contributed by atoms with Crippen molar-refractivity contribution >= 4 is 27.8 Å². The molecule has 0 radical (unpaired) electrons. The minimum Gasteiger partial charge on any atom is -0.451 e. The summed E-state index contributed by atoms with van der Waals surface area (Å²) in [5.41, 5.74) is 1.95. The molecule has 0 fully saturated rings. The molecule has 3 aromatic rings. The zero-order valence-corrected chi connectivity index (χ0v) is 16.6. The van der Waals surface area contributed by atoms with E-state index in [9.17, 15) is 14.0 Å². The number of likely N-dealkylation sites (N-methyl/N-ethyl adjacent to an activating group) is 1. The summed E-state index contributed by atoms with van der Waals surface area (Å²) in [6, 6.07) is 15.2. The van der Waals surface area contributed by atoms with Crippen LogP contribution in [0.2, 0.25) is 0 Å². The molecule has 0 bridgehead atoms. The van der Waals surface area contributed by atoms with E-state index in [4.69, 9.17) is 4.74 Å². The van der Waals surface area contributed by atoms with E-state index in [1.54, 1.807) is 24.3 Å². The Morgan fingerprint density at radius 3 is 2.61 bits per heavy atom. The van der Waals surface area contributed by atoms with Crippen molar-refractivity contribution in [1.29, 1.82) is 0 Å². The van der Waals surface area contributed by atoms with Crippen LogP contribution >= 0.6 is 15.9 Å². The van der Waals surface area contributed by atoms with Crippen molar-refractivity contribution in [2.24, 2.45) is 0 Å². The lowest BCUT2D eigenvalue weighted by atomic mass is 10.1. The molecule has 0 spiro atoms. The summed E-state index contributed by atoms with van der Waals surface area (Å²) in [6.07, 6.45) is 0. The van der Waals surface area contributed by atoms with Crippen LogP contribution in [0.15, 0.2) is 59.1 Å². The molecule has 0 unspecified atom stereocenters. The summed E-state index contributed by atoms with van der Waals surface area (Å²) in [4.78, 5) is 25.6. The Labute approximate surface area is 169 Å². The smallest absolute Gasteiger partial charge is 0.356 e. The molecule has 144 valence electrons. The van der Waals surface area contributed by atoms with Gasteiger partial charge in [-0.1, -0.05) is 46.3 Å². The Kier molecular flexibility index (Phi) is 6.20. The van der Waals surface area contributed by atoms with Crippen molar-refractivity contribution in [1.82, 2.24) is 15.1 Å². The van der Waals surface area contributed by atoms with Crippen molar-refractivity contribution < 1.29 is 18.7 Å². The number of esters is 1. The molecule has 1 heterocycles. The standard InChI is InChI=1S/C20H17BrFN3O3/c1-25(11-14-4-2-3-5-16(14)22)19(26)12-28-20(27)18-10-17(23-24-18)13-6-8-15(21)9-7-13/h2-10H,11-12H2,1H3,(H,23,24). The number of ether oxygens (including phenoxy) is 1. The molecule has 0 atom stereocenters. The molecule has 0 aliphatic carbocycles. The summed E-state index contributed by atoms with van der Waals surface area (Å²) in [5, 5.41) is 6.69. The fraction of sp³-hybridized carbons (Fsp3) is 0.150. The van der Waals surface area contributed by atoms with Gasteiger partial charge in [0.2, 0.25) is 0 Å². The highest BCUT2D eigenvalue weighted by molar-refractivity contribution is 9.10. The second-order valence-corrected chi connectivity index (χ2v) is 7.01. The van der Waals surface area contributed by atoms with E-state index >= 15 is 0 Å². The number of rotatable bonds is 6. The topological polar surface area (TPSA) is 75.3 Å². The van der Waals surface area contributed by atoms with Crippen molar-refractivity contribution in [3.05, 3.63) is 76.1 Å². The number of benzene rings is 2. The first kappa shape index (κ1) is 19.8. The molecule has 1 amide bonds. The zero-order valence-electron chi connectivity index (χ0n) is 15.0. The van der Waals surface area contributed by atoms with Gasteiger partial charge in [-0.05, 0) is 24.3 Å². The van der Waals surface area contributed by atoms with Gasteiger partial charge in [-0.25, -0.2) is 9.18 Å². The van der Waals surface area contributed by atoms with E-state index in [0.717, 1.165) is 10.0 Å². The number of carbonyl (C=O) groups is 2. The van der Waals surface area contributed by atoms with Gasteiger partial charge in [-0.2, -0.15) is 5.10 Å². The largest absolute Gasteiger partial charge is 0.451 e. The van der Waals surface area contributed by atoms with Crippen LogP contribution in [0.4, 0.5) is 4.39 Å². The van der Waals surface area contributed by atoms with Gasteiger partial charge < -0.3 is 9.64 Å². The summed E-state index contributed by atoms with van der Waals surface area (Å²) in [6.45, 7) is -0.364. The summed E-state index contributed by atoms with van der Waals surface area (Å²) >= 11 is 3.36. The monoisotopic (exact) mass is 445 g/mol. The average Bonchev–Trinajstić information content (AvgIpc) is 3.18. The third-order valence-electron chi connectivity index (χ3n) is 4.06. The highest BCUT2D eigenvalue weighted by atomic mass is 79.9. The number of carbonyl (C=O) groups excluding carboxylic acids is 2. The highest BCUT2D eigenvalue weighted by Crippen LogP contribution is 2.20. The van der Waals surface area contributed by atoms with Crippen molar-refractivity contribution in [3.8, 4) is 11.3 Å². The molecular weight excluding hydrogens is 429 g/mol. The number of nitrogens with one attached hydrogen (secondary N) is 1. The van der Waals surface area contributed by atoms with E-state index in [0.29, 0.717) is 11.3 Å². The van der Waals surface area contributed by atoms with Crippen molar-refractivity contribution in [2.45, 2.75) is 6.54 Å². The van der Waals surface area contributed by atoms with E-state index in [-0.39, 0.29) is 12.2 Å². The quantitative estimate of drug-likeness (QED) is 0.585.